The van der Waals surface area contributed by atoms with E-state index in [2.05, 4.69) is 6.92 Å². The molecular weight excluding hydrogens is 256 g/mol. The summed E-state index contributed by atoms with van der Waals surface area (Å²) in [5, 5.41) is 8.73. The molecule has 0 radical (unpaired) electrons. The van der Waals surface area contributed by atoms with E-state index >= 15 is 0 Å². The lowest BCUT2D eigenvalue weighted by molar-refractivity contribution is -0.137. The van der Waals surface area contributed by atoms with E-state index in [-0.39, 0.29) is 12.5 Å². The molecule has 0 aromatic rings. The van der Waals surface area contributed by atoms with E-state index in [0.29, 0.717) is 18.4 Å². The number of nitrogens with zero attached hydrogens (tertiary/aromatic N) is 2. The zero-order chi connectivity index (χ0) is 14.5. The van der Waals surface area contributed by atoms with Gasteiger partial charge in [0, 0.05) is 32.1 Å². The van der Waals surface area contributed by atoms with Crippen molar-refractivity contribution < 1.29 is 14.7 Å². The molecule has 5 heteroatoms. The van der Waals surface area contributed by atoms with Crippen LogP contribution in [0.25, 0.3) is 0 Å². The normalized spacial score (nSPS) is 26.9. The van der Waals surface area contributed by atoms with Gasteiger partial charge in [0.1, 0.15) is 0 Å². The van der Waals surface area contributed by atoms with Gasteiger partial charge in [-0.2, -0.15) is 0 Å². The Balaban J connectivity index is 1.85. The third-order valence-corrected chi connectivity index (χ3v) is 4.67. The number of carbonyl (C=O) groups is 2. The number of aliphatic carboxylic acids is 1. The monoisotopic (exact) mass is 282 g/mol. The van der Waals surface area contributed by atoms with Crippen molar-refractivity contribution >= 4 is 12.0 Å². The summed E-state index contributed by atoms with van der Waals surface area (Å²) < 4.78 is 0. The van der Waals surface area contributed by atoms with Crippen LogP contribution in [0.4, 0.5) is 4.79 Å². The van der Waals surface area contributed by atoms with Crippen LogP contribution in [0.5, 0.6) is 0 Å². The zero-order valence-electron chi connectivity index (χ0n) is 12.4. The molecule has 2 fully saturated rings. The molecule has 2 aliphatic heterocycles. The van der Waals surface area contributed by atoms with Gasteiger partial charge in [0.05, 0.1) is 0 Å². The molecule has 1 N–H and O–H groups in total. The largest absolute Gasteiger partial charge is 0.481 e. The van der Waals surface area contributed by atoms with Gasteiger partial charge >= 0.3 is 12.0 Å². The number of carboxylic acids is 1. The third-order valence-electron chi connectivity index (χ3n) is 4.67. The summed E-state index contributed by atoms with van der Waals surface area (Å²) in [4.78, 5) is 27.2. The van der Waals surface area contributed by atoms with Crippen LogP contribution in [0.1, 0.15) is 51.9 Å². The lowest BCUT2D eigenvalue weighted by Gasteiger charge is -2.37. The Morgan fingerprint density at radius 2 is 2.00 bits per heavy atom. The average Bonchev–Trinajstić information content (AvgIpc) is 2.93. The molecule has 0 aromatic heterocycles. The number of amides is 2. The van der Waals surface area contributed by atoms with Crippen molar-refractivity contribution in [3.8, 4) is 0 Å². The smallest absolute Gasteiger partial charge is 0.320 e. The fraction of sp³-hybridized carbons (Fsp3) is 0.867. The summed E-state index contributed by atoms with van der Waals surface area (Å²) in [6.07, 6.45) is 6.34. The summed E-state index contributed by atoms with van der Waals surface area (Å²) in [7, 11) is 0. The number of likely N-dealkylation sites (tertiary alicyclic amines) is 2. The van der Waals surface area contributed by atoms with Crippen LogP contribution in [-0.4, -0.2) is 52.6 Å². The first-order chi connectivity index (χ1) is 9.61. The van der Waals surface area contributed by atoms with Gasteiger partial charge in [-0.1, -0.05) is 6.92 Å². The minimum atomic E-state index is -0.739. The molecule has 2 aliphatic rings. The highest BCUT2D eigenvalue weighted by Crippen LogP contribution is 2.26. The lowest BCUT2D eigenvalue weighted by atomic mass is 10.0. The molecule has 114 valence electrons. The van der Waals surface area contributed by atoms with Crippen LogP contribution in [-0.2, 0) is 4.79 Å². The maximum Gasteiger partial charge on any atom is 0.320 e. The van der Waals surface area contributed by atoms with Crippen LogP contribution >= 0.6 is 0 Å². The molecule has 2 heterocycles. The Bertz CT molecular complexity index is 359. The Hall–Kier alpha value is -1.26. The van der Waals surface area contributed by atoms with Crippen molar-refractivity contribution in [1.29, 1.82) is 0 Å². The topological polar surface area (TPSA) is 60.9 Å². The second kappa shape index (κ2) is 6.95. The summed E-state index contributed by atoms with van der Waals surface area (Å²) in [5.41, 5.74) is 0. The van der Waals surface area contributed by atoms with Crippen LogP contribution in [0, 0.1) is 5.92 Å². The van der Waals surface area contributed by atoms with Gasteiger partial charge in [-0.25, -0.2) is 4.79 Å². The van der Waals surface area contributed by atoms with E-state index in [1.807, 2.05) is 9.80 Å². The van der Waals surface area contributed by atoms with Crippen LogP contribution in [0.15, 0.2) is 0 Å². The van der Waals surface area contributed by atoms with E-state index < -0.39 is 5.97 Å². The first-order valence-corrected chi connectivity index (χ1v) is 7.89. The highest BCUT2D eigenvalue weighted by atomic mass is 16.4. The molecule has 20 heavy (non-hydrogen) atoms. The summed E-state index contributed by atoms with van der Waals surface area (Å²) in [6, 6.07) is 0.573. The Morgan fingerprint density at radius 1 is 1.20 bits per heavy atom. The lowest BCUT2D eigenvalue weighted by Crippen LogP contribution is -2.49. The summed E-state index contributed by atoms with van der Waals surface area (Å²) >= 11 is 0. The standard InChI is InChI=1S/C15H26N2O3/c1-2-13-5-3-4-9-17(13)15(20)16-10-8-12(11-16)6-7-14(18)19/h12-13H,2-11H2,1H3,(H,18,19). The van der Waals surface area contributed by atoms with Crippen molar-refractivity contribution in [2.24, 2.45) is 5.92 Å². The number of piperidine rings is 1. The van der Waals surface area contributed by atoms with Crippen LogP contribution in [0.2, 0.25) is 0 Å². The minimum Gasteiger partial charge on any atom is -0.481 e. The van der Waals surface area contributed by atoms with E-state index in [9.17, 15) is 9.59 Å². The third kappa shape index (κ3) is 3.64. The summed E-state index contributed by atoms with van der Waals surface area (Å²) in [5.74, 6) is -0.378. The Labute approximate surface area is 120 Å². The number of urea groups is 1. The van der Waals surface area contributed by atoms with Crippen molar-refractivity contribution in [3.63, 3.8) is 0 Å². The first-order valence-electron chi connectivity index (χ1n) is 7.89. The van der Waals surface area contributed by atoms with Crippen molar-refractivity contribution in [2.45, 2.75) is 57.9 Å². The van der Waals surface area contributed by atoms with Gasteiger partial charge in [0.2, 0.25) is 0 Å². The maximum atomic E-state index is 12.6. The highest BCUT2D eigenvalue weighted by Gasteiger charge is 2.33. The minimum absolute atomic E-state index is 0.175. The van der Waals surface area contributed by atoms with Crippen molar-refractivity contribution in [2.75, 3.05) is 19.6 Å². The van der Waals surface area contributed by atoms with Gasteiger partial charge < -0.3 is 14.9 Å². The number of hydrogen-bond donors (Lipinski definition) is 1. The molecular formula is C15H26N2O3. The number of carbonyl (C=O) groups excluding carboxylic acids is 1. The Morgan fingerprint density at radius 3 is 2.70 bits per heavy atom. The van der Waals surface area contributed by atoms with Gasteiger partial charge in [0.25, 0.3) is 0 Å². The van der Waals surface area contributed by atoms with Crippen molar-refractivity contribution in [1.82, 2.24) is 9.80 Å². The predicted octanol–water partition coefficient (Wildman–Crippen LogP) is 2.56. The molecule has 2 atom stereocenters. The predicted molar refractivity (Wildman–Crippen MR) is 76.6 cm³/mol. The SMILES string of the molecule is CCC1CCCCN1C(=O)N1CCC(CCC(=O)O)C1. The number of carboxylic acid groups (broad SMARTS) is 1. The van der Waals surface area contributed by atoms with Crippen LogP contribution < -0.4 is 0 Å². The molecule has 0 saturated carbocycles. The summed E-state index contributed by atoms with van der Waals surface area (Å²) in [6.45, 7) is 4.55. The number of hydrogen-bond acceptors (Lipinski definition) is 2. The maximum absolute atomic E-state index is 12.6. The molecule has 5 nitrogen and oxygen atoms in total. The molecule has 0 aromatic carbocycles. The number of rotatable bonds is 4. The first kappa shape index (κ1) is 15.1. The van der Waals surface area contributed by atoms with E-state index in [1.165, 1.54) is 6.42 Å². The van der Waals surface area contributed by atoms with E-state index in [1.54, 1.807) is 0 Å². The van der Waals surface area contributed by atoms with E-state index in [4.69, 9.17) is 5.11 Å². The van der Waals surface area contributed by atoms with Gasteiger partial charge in [-0.05, 0) is 44.4 Å². The van der Waals surface area contributed by atoms with E-state index in [0.717, 1.165) is 45.3 Å². The quantitative estimate of drug-likeness (QED) is 0.862. The van der Waals surface area contributed by atoms with Gasteiger partial charge in [-0.15, -0.1) is 0 Å². The molecule has 2 rings (SSSR count). The van der Waals surface area contributed by atoms with Crippen LogP contribution in [0.3, 0.4) is 0 Å². The molecule has 2 unspecified atom stereocenters. The molecule has 0 bridgehead atoms. The van der Waals surface area contributed by atoms with Crippen molar-refractivity contribution in [3.05, 3.63) is 0 Å². The second-order valence-electron chi connectivity index (χ2n) is 6.07. The average molecular weight is 282 g/mol. The molecule has 2 saturated heterocycles. The molecule has 2 amide bonds. The Kier molecular flexibility index (Phi) is 5.26. The second-order valence-corrected chi connectivity index (χ2v) is 6.07. The fourth-order valence-corrected chi connectivity index (χ4v) is 3.43. The van der Waals surface area contributed by atoms with Gasteiger partial charge in [0.15, 0.2) is 0 Å². The molecule has 0 aliphatic carbocycles. The highest BCUT2D eigenvalue weighted by molar-refractivity contribution is 5.75. The van der Waals surface area contributed by atoms with Gasteiger partial charge in [-0.3, -0.25) is 4.79 Å². The zero-order valence-corrected chi connectivity index (χ0v) is 12.4. The molecule has 0 spiro atoms. The fourth-order valence-electron chi connectivity index (χ4n) is 3.43.